The van der Waals surface area contributed by atoms with Crippen LogP contribution in [0.15, 0.2) is 0 Å². The van der Waals surface area contributed by atoms with Crippen LogP contribution in [-0.4, -0.2) is 47.2 Å². The van der Waals surface area contributed by atoms with Crippen LogP contribution in [0.1, 0.15) is 40.0 Å². The third-order valence-corrected chi connectivity index (χ3v) is 4.25. The normalized spacial score (nSPS) is 32.1. The molecule has 19 heavy (non-hydrogen) atoms. The molecule has 0 spiro atoms. The highest BCUT2D eigenvalue weighted by Gasteiger charge is 2.39. The fraction of sp³-hybridized carbons (Fsp3) is 0.857. The van der Waals surface area contributed by atoms with Crippen molar-refractivity contribution in [2.75, 3.05) is 13.1 Å². The smallest absolute Gasteiger partial charge is 0.332 e. The average Bonchev–Trinajstić information content (AvgIpc) is 2.86. The summed E-state index contributed by atoms with van der Waals surface area (Å²) < 4.78 is 5.46. The Hall–Kier alpha value is -1.10. The van der Waals surface area contributed by atoms with Gasteiger partial charge in [-0.2, -0.15) is 0 Å². The third-order valence-electron chi connectivity index (χ3n) is 4.25. The minimum atomic E-state index is -0.900. The molecule has 0 aromatic carbocycles. The molecule has 108 valence electrons. The van der Waals surface area contributed by atoms with Crippen molar-refractivity contribution >= 4 is 11.9 Å². The molecule has 2 rings (SSSR count). The standard InChI is InChI=1S/C14H23NO4/c1-14(2,3)9-6-12(16)15(7-9)8-10-4-5-11(19-10)13(17)18/h9-11H,4-8H2,1-3H3,(H,17,18). The maximum absolute atomic E-state index is 12.0. The van der Waals surface area contributed by atoms with E-state index in [1.165, 1.54) is 0 Å². The van der Waals surface area contributed by atoms with Gasteiger partial charge in [0.25, 0.3) is 0 Å². The molecule has 3 atom stereocenters. The summed E-state index contributed by atoms with van der Waals surface area (Å²) in [6, 6.07) is 0. The molecule has 0 aliphatic carbocycles. The molecule has 2 aliphatic heterocycles. The van der Waals surface area contributed by atoms with Gasteiger partial charge in [-0.25, -0.2) is 4.79 Å². The number of hydrogen-bond donors (Lipinski definition) is 1. The zero-order valence-electron chi connectivity index (χ0n) is 11.9. The predicted molar refractivity (Wildman–Crippen MR) is 69.7 cm³/mol. The molecule has 0 bridgehead atoms. The Kier molecular flexibility index (Phi) is 3.85. The van der Waals surface area contributed by atoms with E-state index in [4.69, 9.17) is 9.84 Å². The maximum atomic E-state index is 12.0. The predicted octanol–water partition coefficient (Wildman–Crippen LogP) is 1.51. The lowest BCUT2D eigenvalue weighted by molar-refractivity contribution is -0.149. The van der Waals surface area contributed by atoms with Gasteiger partial charge in [-0.15, -0.1) is 0 Å². The van der Waals surface area contributed by atoms with Crippen molar-refractivity contribution in [1.82, 2.24) is 4.90 Å². The van der Waals surface area contributed by atoms with Gasteiger partial charge in [-0.05, 0) is 24.2 Å². The quantitative estimate of drug-likeness (QED) is 0.843. The molecular weight excluding hydrogens is 246 g/mol. The number of hydrogen-bond acceptors (Lipinski definition) is 3. The van der Waals surface area contributed by atoms with Crippen LogP contribution < -0.4 is 0 Å². The summed E-state index contributed by atoms with van der Waals surface area (Å²) in [7, 11) is 0. The van der Waals surface area contributed by atoms with Crippen LogP contribution in [0, 0.1) is 11.3 Å². The van der Waals surface area contributed by atoms with Gasteiger partial charge >= 0.3 is 5.97 Å². The number of carboxylic acid groups (broad SMARTS) is 1. The summed E-state index contributed by atoms with van der Waals surface area (Å²) in [5.41, 5.74) is 0.130. The second kappa shape index (κ2) is 5.12. The first-order chi connectivity index (χ1) is 8.77. The minimum Gasteiger partial charge on any atom is -0.479 e. The van der Waals surface area contributed by atoms with Gasteiger partial charge in [0.05, 0.1) is 6.10 Å². The SMILES string of the molecule is CC(C)(C)C1CC(=O)N(CC2CCC(C(=O)O)O2)C1. The number of likely N-dealkylation sites (tertiary alicyclic amines) is 1. The Bertz CT molecular complexity index is 374. The Morgan fingerprint density at radius 3 is 2.58 bits per heavy atom. The molecule has 2 saturated heterocycles. The number of amides is 1. The Labute approximate surface area is 113 Å². The molecule has 2 aliphatic rings. The monoisotopic (exact) mass is 269 g/mol. The Morgan fingerprint density at radius 1 is 1.42 bits per heavy atom. The number of aliphatic carboxylic acids is 1. The maximum Gasteiger partial charge on any atom is 0.332 e. The molecule has 5 nitrogen and oxygen atoms in total. The first kappa shape index (κ1) is 14.3. The van der Waals surface area contributed by atoms with Crippen LogP contribution in [0.25, 0.3) is 0 Å². The molecule has 0 saturated carbocycles. The van der Waals surface area contributed by atoms with Crippen LogP contribution in [0.3, 0.4) is 0 Å². The van der Waals surface area contributed by atoms with Crippen LogP contribution in [0.5, 0.6) is 0 Å². The molecule has 1 amide bonds. The van der Waals surface area contributed by atoms with Gasteiger partial charge in [0.2, 0.25) is 5.91 Å². The number of nitrogens with zero attached hydrogens (tertiary/aromatic N) is 1. The van der Waals surface area contributed by atoms with Crippen molar-refractivity contribution < 1.29 is 19.4 Å². The lowest BCUT2D eigenvalue weighted by atomic mass is 9.80. The van der Waals surface area contributed by atoms with E-state index < -0.39 is 12.1 Å². The summed E-state index contributed by atoms with van der Waals surface area (Å²) in [6.45, 7) is 7.76. The van der Waals surface area contributed by atoms with Crippen molar-refractivity contribution in [2.24, 2.45) is 11.3 Å². The third kappa shape index (κ3) is 3.26. The molecule has 0 aromatic rings. The molecule has 0 aromatic heterocycles. The number of carbonyl (C=O) groups is 2. The summed E-state index contributed by atoms with van der Waals surface area (Å²) in [4.78, 5) is 24.7. The molecule has 3 unspecified atom stereocenters. The molecule has 2 heterocycles. The number of carboxylic acids is 1. The second-order valence-corrected chi connectivity index (χ2v) is 6.73. The summed E-state index contributed by atoms with van der Waals surface area (Å²) in [5, 5.41) is 8.89. The topological polar surface area (TPSA) is 66.8 Å². The lowest BCUT2D eigenvalue weighted by Crippen LogP contribution is -2.35. The van der Waals surface area contributed by atoms with Crippen LogP contribution in [0.4, 0.5) is 0 Å². The first-order valence-electron chi connectivity index (χ1n) is 6.93. The van der Waals surface area contributed by atoms with Crippen molar-refractivity contribution in [3.8, 4) is 0 Å². The fourth-order valence-electron chi connectivity index (χ4n) is 2.80. The van der Waals surface area contributed by atoms with E-state index in [1.54, 1.807) is 0 Å². The van der Waals surface area contributed by atoms with E-state index in [2.05, 4.69) is 20.8 Å². The van der Waals surface area contributed by atoms with Gasteiger partial charge in [0, 0.05) is 19.5 Å². The van der Waals surface area contributed by atoms with Gasteiger partial charge < -0.3 is 14.7 Å². The average molecular weight is 269 g/mol. The Morgan fingerprint density at radius 2 is 2.11 bits per heavy atom. The zero-order chi connectivity index (χ0) is 14.2. The van der Waals surface area contributed by atoms with Crippen molar-refractivity contribution in [1.29, 1.82) is 0 Å². The first-order valence-corrected chi connectivity index (χ1v) is 6.93. The van der Waals surface area contributed by atoms with E-state index in [9.17, 15) is 9.59 Å². The van der Waals surface area contributed by atoms with E-state index in [0.29, 0.717) is 25.3 Å². The highest BCUT2D eigenvalue weighted by molar-refractivity contribution is 5.78. The largest absolute Gasteiger partial charge is 0.479 e. The number of carbonyl (C=O) groups excluding carboxylic acids is 1. The fourth-order valence-corrected chi connectivity index (χ4v) is 2.80. The van der Waals surface area contributed by atoms with Crippen molar-refractivity contribution in [2.45, 2.75) is 52.2 Å². The van der Waals surface area contributed by atoms with Crippen LogP contribution in [0.2, 0.25) is 0 Å². The minimum absolute atomic E-state index is 0.122. The van der Waals surface area contributed by atoms with E-state index in [1.807, 2.05) is 4.90 Å². The lowest BCUT2D eigenvalue weighted by Gasteiger charge is -2.27. The van der Waals surface area contributed by atoms with Gasteiger partial charge in [-0.1, -0.05) is 20.8 Å². The molecule has 2 fully saturated rings. The molecule has 5 heteroatoms. The molecular formula is C14H23NO4. The van der Waals surface area contributed by atoms with E-state index in [0.717, 1.165) is 13.0 Å². The highest BCUT2D eigenvalue weighted by atomic mass is 16.5. The Balaban J connectivity index is 1.87. The number of ether oxygens (including phenoxy) is 1. The van der Waals surface area contributed by atoms with E-state index in [-0.39, 0.29) is 17.4 Å². The summed E-state index contributed by atoms with van der Waals surface area (Å²) in [6.07, 6.45) is 1.05. The second-order valence-electron chi connectivity index (χ2n) is 6.73. The highest BCUT2D eigenvalue weighted by Crippen LogP contribution is 2.35. The van der Waals surface area contributed by atoms with Crippen LogP contribution in [-0.2, 0) is 14.3 Å². The zero-order valence-corrected chi connectivity index (χ0v) is 11.9. The molecule has 0 radical (unpaired) electrons. The van der Waals surface area contributed by atoms with Crippen LogP contribution >= 0.6 is 0 Å². The summed E-state index contributed by atoms with van der Waals surface area (Å²) in [5.74, 6) is -0.359. The molecule has 1 N–H and O–H groups in total. The van der Waals surface area contributed by atoms with Gasteiger partial charge in [-0.3, -0.25) is 4.79 Å². The van der Waals surface area contributed by atoms with Crippen molar-refractivity contribution in [3.63, 3.8) is 0 Å². The van der Waals surface area contributed by atoms with Gasteiger partial charge in [0.15, 0.2) is 6.10 Å². The van der Waals surface area contributed by atoms with E-state index >= 15 is 0 Å². The van der Waals surface area contributed by atoms with Crippen molar-refractivity contribution in [3.05, 3.63) is 0 Å². The number of rotatable bonds is 3. The summed E-state index contributed by atoms with van der Waals surface area (Å²) >= 11 is 0. The van der Waals surface area contributed by atoms with Gasteiger partial charge in [0.1, 0.15) is 0 Å².